The van der Waals surface area contributed by atoms with E-state index in [1.807, 2.05) is 43.3 Å². The number of carbonyl (C=O) groups excluding carboxylic acids is 3. The van der Waals surface area contributed by atoms with E-state index in [2.05, 4.69) is 42.5 Å². The molecule has 3 aromatic rings. The second-order valence-electron chi connectivity index (χ2n) is 8.25. The van der Waals surface area contributed by atoms with Gasteiger partial charge in [-0.1, -0.05) is 40.2 Å². The van der Waals surface area contributed by atoms with Gasteiger partial charge in [-0.2, -0.15) is 0 Å². The van der Waals surface area contributed by atoms with Crippen molar-refractivity contribution in [3.63, 3.8) is 0 Å². The smallest absolute Gasteiger partial charge is 0.329 e. The molecule has 0 radical (unpaired) electrons. The first-order valence-electron chi connectivity index (χ1n) is 11.2. The molecule has 190 valence electrons. The summed E-state index contributed by atoms with van der Waals surface area (Å²) in [6.07, 6.45) is 1.52. The lowest BCUT2D eigenvalue weighted by atomic mass is 10.1. The molecule has 10 heteroatoms. The van der Waals surface area contributed by atoms with E-state index >= 15 is 0 Å². The fraction of sp³-hybridized carbons (Fsp3) is 0.148. The number of nitrogens with one attached hydrogen (secondary N) is 2. The van der Waals surface area contributed by atoms with Gasteiger partial charge in [0.05, 0.1) is 11.6 Å². The maximum atomic E-state index is 12.9. The SMILES string of the molecule is COc1cc(/C=C2/NC(=O)N(CC(=O)Nc3cccc(C)c3)C2=O)cc(Br)c1OCc1ccc(Br)cc1. The molecule has 1 saturated heterocycles. The summed E-state index contributed by atoms with van der Waals surface area (Å²) in [5, 5.41) is 5.23. The van der Waals surface area contributed by atoms with Crippen molar-refractivity contribution in [1.82, 2.24) is 10.2 Å². The van der Waals surface area contributed by atoms with E-state index in [0.717, 1.165) is 20.5 Å². The van der Waals surface area contributed by atoms with Crippen LogP contribution in [0.3, 0.4) is 0 Å². The van der Waals surface area contributed by atoms with Crippen LogP contribution in [0.25, 0.3) is 6.08 Å². The Balaban J connectivity index is 1.46. The highest BCUT2D eigenvalue weighted by atomic mass is 79.9. The predicted molar refractivity (Wildman–Crippen MR) is 147 cm³/mol. The number of halogens is 2. The fourth-order valence-electron chi connectivity index (χ4n) is 3.65. The van der Waals surface area contributed by atoms with Gasteiger partial charge < -0.3 is 20.1 Å². The highest BCUT2D eigenvalue weighted by molar-refractivity contribution is 9.10. The van der Waals surface area contributed by atoms with E-state index in [1.54, 1.807) is 24.3 Å². The zero-order valence-electron chi connectivity index (χ0n) is 20.0. The summed E-state index contributed by atoms with van der Waals surface area (Å²) in [7, 11) is 1.52. The van der Waals surface area contributed by atoms with Gasteiger partial charge >= 0.3 is 6.03 Å². The summed E-state index contributed by atoms with van der Waals surface area (Å²) in [4.78, 5) is 38.6. The number of hydrogen-bond donors (Lipinski definition) is 2. The summed E-state index contributed by atoms with van der Waals surface area (Å²) in [6.45, 7) is 1.82. The normalized spacial score (nSPS) is 14.1. The monoisotopic (exact) mass is 627 g/mol. The third kappa shape index (κ3) is 6.58. The first-order chi connectivity index (χ1) is 17.7. The number of rotatable bonds is 8. The number of ether oxygens (including phenoxy) is 2. The molecule has 1 heterocycles. The van der Waals surface area contributed by atoms with Crippen LogP contribution in [0.1, 0.15) is 16.7 Å². The molecule has 8 nitrogen and oxygen atoms in total. The Labute approximate surface area is 230 Å². The molecule has 2 N–H and O–H groups in total. The number of anilines is 1. The van der Waals surface area contributed by atoms with Gasteiger partial charge in [0.15, 0.2) is 11.5 Å². The molecule has 0 aliphatic carbocycles. The third-order valence-electron chi connectivity index (χ3n) is 5.43. The summed E-state index contributed by atoms with van der Waals surface area (Å²) < 4.78 is 13.1. The Morgan fingerprint density at radius 1 is 1.08 bits per heavy atom. The van der Waals surface area contributed by atoms with E-state index in [1.165, 1.54) is 13.2 Å². The number of imide groups is 1. The molecule has 0 spiro atoms. The van der Waals surface area contributed by atoms with Crippen LogP contribution in [0.5, 0.6) is 11.5 Å². The molecular weight excluding hydrogens is 606 g/mol. The van der Waals surface area contributed by atoms with E-state index in [0.29, 0.717) is 33.8 Å². The standard InChI is InChI=1S/C27H23Br2N3O5/c1-16-4-3-5-20(10-16)30-24(33)14-32-26(34)22(31-27(32)35)12-18-11-21(29)25(23(13-18)36-2)37-15-17-6-8-19(28)9-7-17/h3-13H,14-15H2,1-2H3,(H,30,33)(H,31,35)/b22-12+. The molecule has 0 bridgehead atoms. The Kier molecular flexibility index (Phi) is 8.30. The van der Waals surface area contributed by atoms with Crippen LogP contribution in [0.2, 0.25) is 0 Å². The van der Waals surface area contributed by atoms with Crippen molar-refractivity contribution in [1.29, 1.82) is 0 Å². The number of benzene rings is 3. The second-order valence-corrected chi connectivity index (χ2v) is 10.0. The molecule has 0 saturated carbocycles. The number of aryl methyl sites for hydroxylation is 1. The van der Waals surface area contributed by atoms with Crippen molar-refractivity contribution in [2.24, 2.45) is 0 Å². The lowest BCUT2D eigenvalue weighted by Crippen LogP contribution is -2.38. The first-order valence-corrected chi connectivity index (χ1v) is 12.8. The molecule has 1 aliphatic rings. The van der Waals surface area contributed by atoms with Crippen LogP contribution in [0.4, 0.5) is 10.5 Å². The molecule has 0 atom stereocenters. The van der Waals surface area contributed by atoms with Gasteiger partial charge in [-0.15, -0.1) is 0 Å². The number of hydrogen-bond acceptors (Lipinski definition) is 5. The summed E-state index contributed by atoms with van der Waals surface area (Å²) in [5.74, 6) is -0.129. The highest BCUT2D eigenvalue weighted by Crippen LogP contribution is 2.38. The van der Waals surface area contributed by atoms with Crippen LogP contribution >= 0.6 is 31.9 Å². The molecule has 3 aromatic carbocycles. The van der Waals surface area contributed by atoms with Crippen molar-refractivity contribution in [3.05, 3.63) is 92.0 Å². The number of methoxy groups -OCH3 is 1. The number of carbonyl (C=O) groups is 3. The molecule has 0 unspecified atom stereocenters. The minimum absolute atomic E-state index is 0.0471. The van der Waals surface area contributed by atoms with Gasteiger partial charge in [-0.25, -0.2) is 9.69 Å². The van der Waals surface area contributed by atoms with Gasteiger partial charge in [0, 0.05) is 10.2 Å². The van der Waals surface area contributed by atoms with Crippen molar-refractivity contribution in [3.8, 4) is 11.5 Å². The van der Waals surface area contributed by atoms with Crippen molar-refractivity contribution >= 4 is 61.5 Å². The van der Waals surface area contributed by atoms with Gasteiger partial charge in [-0.05, 0) is 82.0 Å². The maximum absolute atomic E-state index is 12.9. The molecule has 1 fully saturated rings. The van der Waals surface area contributed by atoms with Gasteiger partial charge in [0.2, 0.25) is 5.91 Å². The van der Waals surface area contributed by atoms with Crippen molar-refractivity contribution in [2.45, 2.75) is 13.5 Å². The van der Waals surface area contributed by atoms with Crippen LogP contribution < -0.4 is 20.1 Å². The topological polar surface area (TPSA) is 97.0 Å². The van der Waals surface area contributed by atoms with Crippen LogP contribution in [-0.4, -0.2) is 36.4 Å². The maximum Gasteiger partial charge on any atom is 0.329 e. The van der Waals surface area contributed by atoms with Crippen LogP contribution in [0, 0.1) is 6.92 Å². The summed E-state index contributed by atoms with van der Waals surface area (Å²) >= 11 is 6.92. The van der Waals surface area contributed by atoms with Crippen molar-refractivity contribution < 1.29 is 23.9 Å². The Morgan fingerprint density at radius 2 is 1.84 bits per heavy atom. The highest BCUT2D eigenvalue weighted by Gasteiger charge is 2.35. The van der Waals surface area contributed by atoms with Gasteiger partial charge in [-0.3, -0.25) is 9.59 Å². The summed E-state index contributed by atoms with van der Waals surface area (Å²) in [5.41, 5.74) is 3.19. The minimum atomic E-state index is -0.670. The Morgan fingerprint density at radius 3 is 2.54 bits per heavy atom. The predicted octanol–water partition coefficient (Wildman–Crippen LogP) is 5.64. The average Bonchev–Trinajstić information content (AvgIpc) is 3.11. The first kappa shape index (κ1) is 26.4. The lowest BCUT2D eigenvalue weighted by Gasteiger charge is -2.14. The number of urea groups is 1. The van der Waals surface area contributed by atoms with E-state index in [9.17, 15) is 14.4 Å². The number of amides is 4. The van der Waals surface area contributed by atoms with E-state index in [4.69, 9.17) is 9.47 Å². The lowest BCUT2D eigenvalue weighted by molar-refractivity contribution is -0.127. The molecule has 4 amide bonds. The Bertz CT molecular complexity index is 1390. The minimum Gasteiger partial charge on any atom is -0.493 e. The quantitative estimate of drug-likeness (QED) is 0.249. The largest absolute Gasteiger partial charge is 0.493 e. The average molecular weight is 629 g/mol. The summed E-state index contributed by atoms with van der Waals surface area (Å²) in [6, 6.07) is 17.8. The molecule has 1 aliphatic heterocycles. The Hall–Kier alpha value is -3.63. The molecular formula is C27H23Br2N3O5. The molecule has 0 aromatic heterocycles. The second kappa shape index (κ2) is 11.6. The number of nitrogens with zero attached hydrogens (tertiary/aromatic N) is 1. The van der Waals surface area contributed by atoms with Gasteiger partial charge in [0.25, 0.3) is 5.91 Å². The molecule has 37 heavy (non-hydrogen) atoms. The zero-order chi connectivity index (χ0) is 26.5. The fourth-order valence-corrected chi connectivity index (χ4v) is 4.49. The zero-order valence-corrected chi connectivity index (χ0v) is 23.2. The van der Waals surface area contributed by atoms with Crippen LogP contribution in [0.15, 0.2) is 75.3 Å². The van der Waals surface area contributed by atoms with E-state index in [-0.39, 0.29) is 5.70 Å². The third-order valence-corrected chi connectivity index (χ3v) is 6.54. The molecule has 4 rings (SSSR count). The van der Waals surface area contributed by atoms with E-state index < -0.39 is 24.4 Å². The van der Waals surface area contributed by atoms with Crippen molar-refractivity contribution in [2.75, 3.05) is 19.0 Å². The van der Waals surface area contributed by atoms with Gasteiger partial charge in [0.1, 0.15) is 18.8 Å². The van der Waals surface area contributed by atoms with Crippen LogP contribution in [-0.2, 0) is 16.2 Å².